The second kappa shape index (κ2) is 6.17. The molecule has 2 aromatic rings. The van der Waals surface area contributed by atoms with Crippen molar-refractivity contribution >= 4 is 11.6 Å². The van der Waals surface area contributed by atoms with Gasteiger partial charge in [-0.15, -0.1) is 0 Å². The molecule has 0 radical (unpaired) electrons. The second-order valence-electron chi connectivity index (χ2n) is 4.62. The minimum atomic E-state index is 0.332. The molecule has 0 amide bonds. The van der Waals surface area contributed by atoms with Crippen LogP contribution in [0.25, 0.3) is 0 Å². The van der Waals surface area contributed by atoms with Crippen molar-refractivity contribution in [2.24, 2.45) is 10.7 Å². The van der Waals surface area contributed by atoms with Gasteiger partial charge in [-0.2, -0.15) is 5.10 Å². The van der Waals surface area contributed by atoms with E-state index in [0.717, 1.165) is 29.3 Å². The van der Waals surface area contributed by atoms with Gasteiger partial charge in [0.05, 0.1) is 25.5 Å². The van der Waals surface area contributed by atoms with E-state index in [0.29, 0.717) is 25.7 Å². The first-order valence-electron chi connectivity index (χ1n) is 6.76. The van der Waals surface area contributed by atoms with E-state index in [4.69, 9.17) is 15.2 Å². The molecule has 21 heavy (non-hydrogen) atoms. The van der Waals surface area contributed by atoms with E-state index in [-0.39, 0.29) is 0 Å². The molecule has 4 N–H and O–H groups in total. The maximum Gasteiger partial charge on any atom is 0.193 e. The fourth-order valence-corrected chi connectivity index (χ4v) is 1.97. The number of H-pyrrole nitrogens is 1. The molecular weight excluding hydrogens is 270 g/mol. The number of nitrogens with one attached hydrogen (secondary N) is 2. The van der Waals surface area contributed by atoms with Gasteiger partial charge in [0.25, 0.3) is 0 Å². The summed E-state index contributed by atoms with van der Waals surface area (Å²) in [7, 11) is 0. The van der Waals surface area contributed by atoms with E-state index < -0.39 is 0 Å². The third-order valence-corrected chi connectivity index (χ3v) is 3.00. The molecule has 0 saturated heterocycles. The summed E-state index contributed by atoms with van der Waals surface area (Å²) in [5.41, 5.74) is 7.57. The van der Waals surface area contributed by atoms with Crippen molar-refractivity contribution in [2.45, 2.75) is 13.0 Å². The maximum atomic E-state index is 5.86. The number of nitrogens with two attached hydrogens (primary N) is 1. The van der Waals surface area contributed by atoms with E-state index in [1.807, 2.05) is 24.3 Å². The van der Waals surface area contributed by atoms with Gasteiger partial charge >= 0.3 is 0 Å². The number of fused-ring (bicyclic) bond motifs is 1. The zero-order chi connectivity index (χ0) is 14.5. The Balaban J connectivity index is 1.67. The van der Waals surface area contributed by atoms with E-state index in [9.17, 15) is 0 Å². The first-order chi connectivity index (χ1) is 10.3. The lowest BCUT2D eigenvalue weighted by atomic mass is 10.3. The van der Waals surface area contributed by atoms with Gasteiger partial charge in [-0.3, -0.25) is 5.10 Å². The minimum absolute atomic E-state index is 0.332. The van der Waals surface area contributed by atoms with Crippen LogP contribution in [0, 0.1) is 0 Å². The molecule has 7 heteroatoms. The molecule has 0 atom stereocenters. The summed E-state index contributed by atoms with van der Waals surface area (Å²) >= 11 is 0. The van der Waals surface area contributed by atoms with Crippen LogP contribution in [-0.2, 0) is 6.54 Å². The molecule has 0 fully saturated rings. The summed E-state index contributed by atoms with van der Waals surface area (Å²) in [6.45, 7) is 1.77. The Hall–Kier alpha value is -2.70. The van der Waals surface area contributed by atoms with Gasteiger partial charge < -0.3 is 20.5 Å². The Morgan fingerprint density at radius 3 is 2.95 bits per heavy atom. The molecule has 0 spiro atoms. The third-order valence-electron chi connectivity index (χ3n) is 3.00. The van der Waals surface area contributed by atoms with Gasteiger partial charge in [-0.05, 0) is 18.2 Å². The van der Waals surface area contributed by atoms with Crippen LogP contribution in [-0.4, -0.2) is 29.4 Å². The Morgan fingerprint density at radius 1 is 1.29 bits per heavy atom. The van der Waals surface area contributed by atoms with Crippen molar-refractivity contribution in [3.8, 4) is 11.5 Å². The lowest BCUT2D eigenvalue weighted by Gasteiger charge is -2.10. The predicted octanol–water partition coefficient (Wildman–Crippen LogP) is 1.50. The van der Waals surface area contributed by atoms with Crippen molar-refractivity contribution in [2.75, 3.05) is 18.5 Å². The average molecular weight is 287 g/mol. The monoisotopic (exact) mass is 287 g/mol. The van der Waals surface area contributed by atoms with E-state index >= 15 is 0 Å². The van der Waals surface area contributed by atoms with Crippen LogP contribution < -0.4 is 20.5 Å². The number of anilines is 1. The molecule has 0 unspecified atom stereocenters. The van der Waals surface area contributed by atoms with Crippen LogP contribution in [0.5, 0.6) is 11.5 Å². The SMILES string of the molecule is NC(=NCc1ccn[nH]1)Nc1ccc2c(c1)OCCCO2. The summed E-state index contributed by atoms with van der Waals surface area (Å²) in [5, 5.41) is 9.72. The third kappa shape index (κ3) is 3.44. The fraction of sp³-hybridized carbons (Fsp3) is 0.286. The standard InChI is InChI=1S/C14H17N5O2/c15-14(16-9-11-4-5-17-19-11)18-10-2-3-12-13(8-10)21-7-1-6-20-12/h2-5,8H,1,6-7,9H2,(H,17,19)(H3,15,16,18). The number of guanidine groups is 1. The number of aromatic amines is 1. The highest BCUT2D eigenvalue weighted by atomic mass is 16.5. The van der Waals surface area contributed by atoms with E-state index in [2.05, 4.69) is 20.5 Å². The lowest BCUT2D eigenvalue weighted by Crippen LogP contribution is -2.22. The topological polar surface area (TPSA) is 97.6 Å². The van der Waals surface area contributed by atoms with Crippen molar-refractivity contribution in [3.63, 3.8) is 0 Å². The minimum Gasteiger partial charge on any atom is -0.490 e. The first kappa shape index (κ1) is 13.3. The number of nitrogens with zero attached hydrogens (tertiary/aromatic N) is 2. The van der Waals surface area contributed by atoms with Crippen molar-refractivity contribution in [3.05, 3.63) is 36.2 Å². The number of benzene rings is 1. The Bertz CT molecular complexity index is 624. The van der Waals surface area contributed by atoms with Gasteiger partial charge in [0.15, 0.2) is 17.5 Å². The molecule has 1 aromatic carbocycles. The highest BCUT2D eigenvalue weighted by molar-refractivity contribution is 5.92. The molecule has 1 aliphatic rings. The smallest absolute Gasteiger partial charge is 0.193 e. The normalized spacial score (nSPS) is 14.6. The van der Waals surface area contributed by atoms with E-state index in [1.165, 1.54) is 0 Å². The molecule has 7 nitrogen and oxygen atoms in total. The summed E-state index contributed by atoms with van der Waals surface area (Å²) in [6.07, 6.45) is 2.56. The predicted molar refractivity (Wildman–Crippen MR) is 79.6 cm³/mol. The molecule has 1 aliphatic heterocycles. The molecule has 110 valence electrons. The zero-order valence-corrected chi connectivity index (χ0v) is 11.5. The molecule has 0 aliphatic carbocycles. The molecule has 2 heterocycles. The number of rotatable bonds is 3. The van der Waals surface area contributed by atoms with Crippen LogP contribution in [0.1, 0.15) is 12.1 Å². The Labute approximate surface area is 122 Å². The summed E-state index contributed by atoms with van der Waals surface area (Å²) in [5.74, 6) is 1.81. The molecular formula is C14H17N5O2. The van der Waals surface area contributed by atoms with Crippen molar-refractivity contribution in [1.82, 2.24) is 10.2 Å². The lowest BCUT2D eigenvalue weighted by molar-refractivity contribution is 0.297. The van der Waals surface area contributed by atoms with Crippen LogP contribution in [0.15, 0.2) is 35.5 Å². The quantitative estimate of drug-likeness (QED) is 0.587. The second-order valence-corrected chi connectivity index (χ2v) is 4.62. The van der Waals surface area contributed by atoms with Crippen LogP contribution in [0.3, 0.4) is 0 Å². The van der Waals surface area contributed by atoms with Gasteiger partial charge in [-0.25, -0.2) is 4.99 Å². The summed E-state index contributed by atoms with van der Waals surface area (Å²) in [6, 6.07) is 7.46. The molecule has 0 bridgehead atoms. The van der Waals surface area contributed by atoms with Crippen molar-refractivity contribution < 1.29 is 9.47 Å². The number of ether oxygens (including phenoxy) is 2. The van der Waals surface area contributed by atoms with Gasteiger partial charge in [0, 0.05) is 24.4 Å². The zero-order valence-electron chi connectivity index (χ0n) is 11.5. The fourth-order valence-electron chi connectivity index (χ4n) is 1.97. The van der Waals surface area contributed by atoms with Gasteiger partial charge in [-0.1, -0.05) is 0 Å². The van der Waals surface area contributed by atoms with Gasteiger partial charge in [0.2, 0.25) is 0 Å². The van der Waals surface area contributed by atoms with Crippen molar-refractivity contribution in [1.29, 1.82) is 0 Å². The number of hydrogen-bond acceptors (Lipinski definition) is 4. The largest absolute Gasteiger partial charge is 0.490 e. The Morgan fingerprint density at radius 2 is 2.14 bits per heavy atom. The maximum absolute atomic E-state index is 5.86. The van der Waals surface area contributed by atoms with Crippen LogP contribution >= 0.6 is 0 Å². The first-order valence-corrected chi connectivity index (χ1v) is 6.76. The highest BCUT2D eigenvalue weighted by Gasteiger charge is 2.10. The molecule has 1 aromatic heterocycles. The van der Waals surface area contributed by atoms with E-state index in [1.54, 1.807) is 6.20 Å². The van der Waals surface area contributed by atoms with Crippen LogP contribution in [0.2, 0.25) is 0 Å². The highest BCUT2D eigenvalue weighted by Crippen LogP contribution is 2.32. The number of aromatic nitrogens is 2. The number of hydrogen-bond donors (Lipinski definition) is 3. The number of aliphatic imine (C=N–C) groups is 1. The Kier molecular flexibility index (Phi) is 3.90. The summed E-state index contributed by atoms with van der Waals surface area (Å²) < 4.78 is 11.2. The van der Waals surface area contributed by atoms with Crippen LogP contribution in [0.4, 0.5) is 5.69 Å². The summed E-state index contributed by atoms with van der Waals surface area (Å²) in [4.78, 5) is 4.23. The molecule has 3 rings (SSSR count). The molecule has 0 saturated carbocycles. The average Bonchev–Trinajstić information content (AvgIpc) is 2.90. The van der Waals surface area contributed by atoms with Gasteiger partial charge in [0.1, 0.15) is 0 Å².